The van der Waals surface area contributed by atoms with E-state index >= 15 is 0 Å². The van der Waals surface area contributed by atoms with Crippen molar-refractivity contribution in [2.45, 2.75) is 51.4 Å². The molecule has 3 rings (SSSR count). The van der Waals surface area contributed by atoms with Crippen LogP contribution >= 0.6 is 0 Å². The van der Waals surface area contributed by atoms with Crippen molar-refractivity contribution in [1.29, 1.82) is 0 Å². The summed E-state index contributed by atoms with van der Waals surface area (Å²) in [6.07, 6.45) is 5.42. The summed E-state index contributed by atoms with van der Waals surface area (Å²) in [5, 5.41) is 0. The summed E-state index contributed by atoms with van der Waals surface area (Å²) in [6, 6.07) is 20.1. The van der Waals surface area contributed by atoms with E-state index in [1.807, 2.05) is 0 Å². The summed E-state index contributed by atoms with van der Waals surface area (Å²) in [6.45, 7) is 4.64. The molecule has 0 amide bonds. The van der Waals surface area contributed by atoms with Gasteiger partial charge in [-0.1, -0.05) is 74.9 Å². The van der Waals surface area contributed by atoms with Gasteiger partial charge in [0.15, 0.2) is 0 Å². The van der Waals surface area contributed by atoms with Gasteiger partial charge in [-0.15, -0.1) is 0 Å². The number of benzene rings is 2. The predicted molar refractivity (Wildman–Crippen MR) is 90.8 cm³/mol. The molecule has 0 saturated heterocycles. The van der Waals surface area contributed by atoms with E-state index in [1.54, 1.807) is 11.1 Å². The molecule has 0 bridgehead atoms. The molecule has 1 aliphatic rings. The van der Waals surface area contributed by atoms with Crippen molar-refractivity contribution in [2.75, 3.05) is 0 Å². The third-order valence-corrected chi connectivity index (χ3v) is 5.03. The lowest BCUT2D eigenvalue weighted by atomic mass is 9.69. The van der Waals surface area contributed by atoms with Gasteiger partial charge >= 0.3 is 0 Å². The molecule has 1 aliphatic carbocycles. The van der Waals surface area contributed by atoms with Gasteiger partial charge in [-0.25, -0.2) is 0 Å². The Morgan fingerprint density at radius 3 is 2.05 bits per heavy atom. The first kappa shape index (κ1) is 14.4. The van der Waals surface area contributed by atoms with Crippen molar-refractivity contribution in [2.24, 2.45) is 5.92 Å². The molecule has 110 valence electrons. The highest BCUT2D eigenvalue weighted by molar-refractivity contribution is 5.35. The third kappa shape index (κ3) is 3.20. The molecule has 2 aromatic carbocycles. The summed E-state index contributed by atoms with van der Waals surface area (Å²) >= 11 is 0. The first-order chi connectivity index (χ1) is 10.3. The van der Waals surface area contributed by atoms with E-state index in [1.165, 1.54) is 31.2 Å². The summed E-state index contributed by atoms with van der Waals surface area (Å²) in [5.41, 5.74) is 4.62. The Labute approximate surface area is 129 Å². The van der Waals surface area contributed by atoms with Crippen LogP contribution in [0.25, 0.3) is 0 Å². The van der Waals surface area contributed by atoms with E-state index in [-0.39, 0.29) is 0 Å². The smallest absolute Gasteiger partial charge is 0.00903 e. The summed E-state index contributed by atoms with van der Waals surface area (Å²) in [5.74, 6) is 2.18. The van der Waals surface area contributed by atoms with Crippen LogP contribution in [0.4, 0.5) is 0 Å². The lowest BCUT2D eigenvalue weighted by Crippen LogP contribution is -2.23. The predicted octanol–water partition coefficient (Wildman–Crippen LogP) is 5.94. The standard InChI is InChI=1S/C21H26/c1-16(2)19-13-6-7-14-20(19)21(18-11-8-12-18)15-17-9-4-3-5-10-17/h3-7,9-10,13-14,16,18,21H,8,11-12,15H2,1-2H3. The van der Waals surface area contributed by atoms with Crippen LogP contribution in [-0.4, -0.2) is 0 Å². The van der Waals surface area contributed by atoms with Crippen LogP contribution in [0.5, 0.6) is 0 Å². The lowest BCUT2D eigenvalue weighted by Gasteiger charge is -2.36. The van der Waals surface area contributed by atoms with Crippen molar-refractivity contribution in [3.63, 3.8) is 0 Å². The Kier molecular flexibility index (Phi) is 4.43. The Hall–Kier alpha value is -1.56. The van der Waals surface area contributed by atoms with Crippen LogP contribution in [0.3, 0.4) is 0 Å². The monoisotopic (exact) mass is 278 g/mol. The molecular formula is C21H26. The highest BCUT2D eigenvalue weighted by Crippen LogP contribution is 2.43. The molecule has 0 heteroatoms. The topological polar surface area (TPSA) is 0 Å². The highest BCUT2D eigenvalue weighted by Gasteiger charge is 2.30. The molecule has 1 unspecified atom stereocenters. The van der Waals surface area contributed by atoms with Gasteiger partial charge in [0.05, 0.1) is 0 Å². The maximum Gasteiger partial charge on any atom is -0.00903 e. The van der Waals surface area contributed by atoms with Crippen molar-refractivity contribution in [3.8, 4) is 0 Å². The van der Waals surface area contributed by atoms with Crippen LogP contribution in [0, 0.1) is 5.92 Å². The Balaban J connectivity index is 1.92. The van der Waals surface area contributed by atoms with Crippen molar-refractivity contribution >= 4 is 0 Å². The normalized spacial score (nSPS) is 16.7. The summed E-state index contributed by atoms with van der Waals surface area (Å²) in [7, 11) is 0. The minimum absolute atomic E-state index is 0.611. The minimum Gasteiger partial charge on any atom is -0.0622 e. The molecule has 0 aliphatic heterocycles. The van der Waals surface area contributed by atoms with E-state index < -0.39 is 0 Å². The number of hydrogen-bond acceptors (Lipinski definition) is 0. The van der Waals surface area contributed by atoms with Crippen LogP contribution in [0.1, 0.15) is 61.6 Å². The average Bonchev–Trinajstić information content (AvgIpc) is 2.46. The van der Waals surface area contributed by atoms with E-state index in [4.69, 9.17) is 0 Å². The van der Waals surface area contributed by atoms with Gasteiger partial charge in [0.25, 0.3) is 0 Å². The molecule has 0 N–H and O–H groups in total. The summed E-state index contributed by atoms with van der Waals surface area (Å²) < 4.78 is 0. The molecule has 0 aromatic heterocycles. The van der Waals surface area contributed by atoms with Crippen LogP contribution in [0.2, 0.25) is 0 Å². The van der Waals surface area contributed by atoms with Gasteiger partial charge in [-0.2, -0.15) is 0 Å². The SMILES string of the molecule is CC(C)c1ccccc1C(Cc1ccccc1)C1CCC1. The fourth-order valence-corrected chi connectivity index (χ4v) is 3.62. The van der Waals surface area contributed by atoms with Crippen molar-refractivity contribution in [3.05, 3.63) is 71.3 Å². The van der Waals surface area contributed by atoms with Gasteiger partial charge < -0.3 is 0 Å². The molecular weight excluding hydrogens is 252 g/mol. The zero-order valence-corrected chi connectivity index (χ0v) is 13.3. The minimum atomic E-state index is 0.611. The van der Waals surface area contributed by atoms with Crippen LogP contribution in [-0.2, 0) is 6.42 Å². The van der Waals surface area contributed by atoms with E-state index in [0.29, 0.717) is 11.8 Å². The molecule has 1 atom stereocenters. The first-order valence-electron chi connectivity index (χ1n) is 8.38. The van der Waals surface area contributed by atoms with Gasteiger partial charge in [-0.3, -0.25) is 0 Å². The van der Waals surface area contributed by atoms with Crippen molar-refractivity contribution in [1.82, 2.24) is 0 Å². The Morgan fingerprint density at radius 2 is 1.48 bits per heavy atom. The van der Waals surface area contributed by atoms with Gasteiger partial charge in [-0.05, 0) is 53.7 Å². The largest absolute Gasteiger partial charge is 0.0622 e. The maximum atomic E-state index is 2.38. The molecule has 0 nitrogen and oxygen atoms in total. The van der Waals surface area contributed by atoms with E-state index in [0.717, 1.165) is 5.92 Å². The molecule has 1 fully saturated rings. The van der Waals surface area contributed by atoms with Gasteiger partial charge in [0.2, 0.25) is 0 Å². The zero-order chi connectivity index (χ0) is 14.7. The lowest BCUT2D eigenvalue weighted by molar-refractivity contribution is 0.258. The molecule has 0 spiro atoms. The molecule has 21 heavy (non-hydrogen) atoms. The van der Waals surface area contributed by atoms with Crippen molar-refractivity contribution < 1.29 is 0 Å². The second-order valence-electron chi connectivity index (χ2n) is 6.77. The zero-order valence-electron chi connectivity index (χ0n) is 13.3. The number of rotatable bonds is 5. The molecule has 0 heterocycles. The molecule has 0 radical (unpaired) electrons. The summed E-state index contributed by atoms with van der Waals surface area (Å²) in [4.78, 5) is 0. The quantitative estimate of drug-likeness (QED) is 0.635. The average molecular weight is 278 g/mol. The van der Waals surface area contributed by atoms with E-state index in [9.17, 15) is 0 Å². The van der Waals surface area contributed by atoms with Crippen LogP contribution < -0.4 is 0 Å². The fourth-order valence-electron chi connectivity index (χ4n) is 3.62. The fraction of sp³-hybridized carbons (Fsp3) is 0.429. The van der Waals surface area contributed by atoms with E-state index in [2.05, 4.69) is 68.4 Å². The highest BCUT2D eigenvalue weighted by atomic mass is 14.3. The van der Waals surface area contributed by atoms with Gasteiger partial charge in [0.1, 0.15) is 0 Å². The molecule has 1 saturated carbocycles. The Bertz CT molecular complexity index is 564. The molecule has 2 aromatic rings. The van der Waals surface area contributed by atoms with Gasteiger partial charge in [0, 0.05) is 0 Å². The Morgan fingerprint density at radius 1 is 0.857 bits per heavy atom. The second kappa shape index (κ2) is 6.47. The maximum absolute atomic E-state index is 2.38. The second-order valence-corrected chi connectivity index (χ2v) is 6.77. The number of hydrogen-bond donors (Lipinski definition) is 0. The first-order valence-corrected chi connectivity index (χ1v) is 8.38. The van der Waals surface area contributed by atoms with Crippen LogP contribution in [0.15, 0.2) is 54.6 Å². The third-order valence-electron chi connectivity index (χ3n) is 5.03.